The van der Waals surface area contributed by atoms with Gasteiger partial charge in [0, 0.05) is 12.0 Å². The lowest BCUT2D eigenvalue weighted by molar-refractivity contribution is 0.428. The number of hydrogen-bond acceptors (Lipinski definition) is 3. The molecule has 1 fully saturated rings. The number of aromatic nitrogens is 2. The van der Waals surface area contributed by atoms with Crippen LogP contribution in [0.4, 0.5) is 5.82 Å². The molecule has 0 atom stereocenters. The third kappa shape index (κ3) is 2.12. The average Bonchev–Trinajstić information content (AvgIpc) is 2.18. The Morgan fingerprint density at radius 2 is 2.07 bits per heavy atom. The monoisotopic (exact) mass is 209 g/mol. The number of nitrogens with two attached hydrogens (primary N) is 1. The van der Waals surface area contributed by atoms with E-state index in [1.807, 2.05) is 0 Å². The molecule has 1 aliphatic rings. The molecule has 1 aliphatic carbocycles. The van der Waals surface area contributed by atoms with Crippen LogP contribution in [0.5, 0.6) is 0 Å². The number of nitrogens with one attached hydrogen (secondary N) is 1. The topological polar surface area (TPSA) is 54.7 Å². The molecule has 0 unspecified atom stereocenters. The fourth-order valence-corrected chi connectivity index (χ4v) is 2.29. The Labute approximate surface area is 88.8 Å². The van der Waals surface area contributed by atoms with Gasteiger partial charge in [0.1, 0.15) is 16.3 Å². The predicted molar refractivity (Wildman–Crippen MR) is 59.7 cm³/mol. The van der Waals surface area contributed by atoms with Crippen molar-refractivity contribution >= 4 is 18.0 Å². The maximum absolute atomic E-state index is 5.70. The number of nitrogen functional groups attached to an aromatic ring is 1. The molecule has 0 amide bonds. The first-order chi connectivity index (χ1) is 6.75. The summed E-state index contributed by atoms with van der Waals surface area (Å²) in [5, 5.41) is 0. The van der Waals surface area contributed by atoms with Crippen molar-refractivity contribution in [2.75, 3.05) is 5.73 Å². The molecule has 0 aromatic carbocycles. The van der Waals surface area contributed by atoms with Gasteiger partial charge in [-0.2, -0.15) is 0 Å². The molecule has 0 saturated heterocycles. The van der Waals surface area contributed by atoms with Crippen LogP contribution in [0.1, 0.15) is 43.8 Å². The van der Waals surface area contributed by atoms with Gasteiger partial charge in [-0.3, -0.25) is 0 Å². The highest BCUT2D eigenvalue weighted by atomic mass is 32.1. The second kappa shape index (κ2) is 4.09. The van der Waals surface area contributed by atoms with Gasteiger partial charge in [-0.05, 0) is 12.8 Å². The van der Waals surface area contributed by atoms with Gasteiger partial charge in [-0.1, -0.05) is 31.5 Å². The Hall–Kier alpha value is -0.900. The lowest BCUT2D eigenvalue weighted by Gasteiger charge is -2.20. The summed E-state index contributed by atoms with van der Waals surface area (Å²) in [7, 11) is 0. The summed E-state index contributed by atoms with van der Waals surface area (Å²) in [6.45, 7) is 0. The normalized spacial score (nSPS) is 18.3. The molecule has 1 aromatic heterocycles. The summed E-state index contributed by atoms with van der Waals surface area (Å²) in [4.78, 5) is 7.45. The highest BCUT2D eigenvalue weighted by Gasteiger charge is 2.17. The predicted octanol–water partition coefficient (Wildman–Crippen LogP) is 2.77. The van der Waals surface area contributed by atoms with Crippen molar-refractivity contribution in [1.29, 1.82) is 0 Å². The van der Waals surface area contributed by atoms with E-state index in [1.54, 1.807) is 6.07 Å². The largest absolute Gasteiger partial charge is 0.385 e. The van der Waals surface area contributed by atoms with Gasteiger partial charge in [0.25, 0.3) is 0 Å². The smallest absolute Gasteiger partial charge is 0.131 e. The average molecular weight is 209 g/mol. The van der Waals surface area contributed by atoms with E-state index in [9.17, 15) is 0 Å². The fraction of sp³-hybridized carbons (Fsp3) is 0.600. The van der Waals surface area contributed by atoms with E-state index >= 15 is 0 Å². The highest BCUT2D eigenvalue weighted by molar-refractivity contribution is 7.71. The Morgan fingerprint density at radius 1 is 1.36 bits per heavy atom. The second-order valence-corrected chi connectivity index (χ2v) is 4.31. The van der Waals surface area contributed by atoms with E-state index in [4.69, 9.17) is 18.0 Å². The summed E-state index contributed by atoms with van der Waals surface area (Å²) in [6, 6.07) is 1.70. The van der Waals surface area contributed by atoms with Crippen molar-refractivity contribution in [3.8, 4) is 0 Å². The minimum atomic E-state index is 0.536. The van der Waals surface area contributed by atoms with Gasteiger partial charge in [0.2, 0.25) is 0 Å². The molecule has 4 heteroatoms. The maximum Gasteiger partial charge on any atom is 0.131 e. The van der Waals surface area contributed by atoms with Crippen molar-refractivity contribution in [2.45, 2.75) is 38.0 Å². The second-order valence-electron chi connectivity index (χ2n) is 3.89. The van der Waals surface area contributed by atoms with Crippen LogP contribution < -0.4 is 5.73 Å². The van der Waals surface area contributed by atoms with Crippen LogP contribution in [0.2, 0.25) is 0 Å². The van der Waals surface area contributed by atoms with Gasteiger partial charge in [-0.15, -0.1) is 0 Å². The number of hydrogen-bond donors (Lipinski definition) is 2. The third-order valence-electron chi connectivity index (χ3n) is 2.77. The number of H-pyrrole nitrogens is 1. The standard InChI is InChI=1S/C10H15N3S/c11-8-6-9(14)13-10(12-8)7-4-2-1-3-5-7/h6-7H,1-5H2,(H3,11,12,13,14). The molecular weight excluding hydrogens is 194 g/mol. The molecule has 1 saturated carbocycles. The van der Waals surface area contributed by atoms with E-state index in [2.05, 4.69) is 9.97 Å². The van der Waals surface area contributed by atoms with Crippen LogP contribution in [-0.2, 0) is 0 Å². The van der Waals surface area contributed by atoms with Crippen molar-refractivity contribution in [3.05, 3.63) is 16.5 Å². The van der Waals surface area contributed by atoms with Gasteiger partial charge in [-0.25, -0.2) is 4.98 Å². The summed E-state index contributed by atoms with van der Waals surface area (Å²) < 4.78 is 0.599. The molecule has 1 heterocycles. The van der Waals surface area contributed by atoms with Crippen LogP contribution in [0.25, 0.3) is 0 Å². The Kier molecular flexibility index (Phi) is 2.82. The molecule has 3 nitrogen and oxygen atoms in total. The zero-order valence-electron chi connectivity index (χ0n) is 8.12. The lowest BCUT2D eigenvalue weighted by atomic mass is 9.89. The summed E-state index contributed by atoms with van der Waals surface area (Å²) in [5.41, 5.74) is 5.70. The zero-order chi connectivity index (χ0) is 9.97. The molecule has 0 bridgehead atoms. The minimum absolute atomic E-state index is 0.536. The molecule has 0 aliphatic heterocycles. The molecule has 0 radical (unpaired) electrons. The van der Waals surface area contributed by atoms with Crippen molar-refractivity contribution in [2.24, 2.45) is 0 Å². The summed E-state index contributed by atoms with van der Waals surface area (Å²) in [6.07, 6.45) is 6.35. The number of aromatic amines is 1. The van der Waals surface area contributed by atoms with Gasteiger partial charge >= 0.3 is 0 Å². The maximum atomic E-state index is 5.70. The van der Waals surface area contributed by atoms with Gasteiger partial charge in [0.15, 0.2) is 0 Å². The van der Waals surface area contributed by atoms with Crippen molar-refractivity contribution in [3.63, 3.8) is 0 Å². The number of rotatable bonds is 1. The number of anilines is 1. The molecule has 0 spiro atoms. The molecular formula is C10H15N3S. The summed E-state index contributed by atoms with van der Waals surface area (Å²) >= 11 is 5.05. The minimum Gasteiger partial charge on any atom is -0.385 e. The SMILES string of the molecule is Nc1cc(=S)nc(C2CCCCC2)[nH]1. The fourth-order valence-electron chi connectivity index (χ4n) is 2.07. The molecule has 2 rings (SSSR count). The highest BCUT2D eigenvalue weighted by Crippen LogP contribution is 2.30. The van der Waals surface area contributed by atoms with Crippen LogP contribution in [0, 0.1) is 4.64 Å². The van der Waals surface area contributed by atoms with E-state index in [0.717, 1.165) is 5.82 Å². The number of nitrogens with zero attached hydrogens (tertiary/aromatic N) is 1. The Morgan fingerprint density at radius 3 is 2.71 bits per heavy atom. The van der Waals surface area contributed by atoms with E-state index in [1.165, 1.54) is 32.1 Å². The molecule has 14 heavy (non-hydrogen) atoms. The quantitative estimate of drug-likeness (QED) is 0.699. The summed E-state index contributed by atoms with van der Waals surface area (Å²) in [5.74, 6) is 2.15. The molecule has 1 aromatic rings. The van der Waals surface area contributed by atoms with Crippen LogP contribution in [0.3, 0.4) is 0 Å². The van der Waals surface area contributed by atoms with Crippen LogP contribution >= 0.6 is 12.2 Å². The zero-order valence-corrected chi connectivity index (χ0v) is 8.94. The third-order valence-corrected chi connectivity index (χ3v) is 2.98. The first-order valence-electron chi connectivity index (χ1n) is 5.12. The van der Waals surface area contributed by atoms with E-state index in [-0.39, 0.29) is 0 Å². The van der Waals surface area contributed by atoms with Crippen molar-refractivity contribution in [1.82, 2.24) is 9.97 Å². The lowest BCUT2D eigenvalue weighted by Crippen LogP contribution is -2.10. The van der Waals surface area contributed by atoms with Gasteiger partial charge in [0.05, 0.1) is 0 Å². The molecule has 76 valence electrons. The van der Waals surface area contributed by atoms with Crippen molar-refractivity contribution < 1.29 is 0 Å². The molecule has 3 N–H and O–H groups in total. The van der Waals surface area contributed by atoms with E-state index < -0.39 is 0 Å². The van der Waals surface area contributed by atoms with Crippen LogP contribution in [-0.4, -0.2) is 9.97 Å². The van der Waals surface area contributed by atoms with Crippen LogP contribution in [0.15, 0.2) is 6.07 Å². The van der Waals surface area contributed by atoms with Gasteiger partial charge < -0.3 is 10.7 Å². The first kappa shape index (κ1) is 9.65. The Bertz CT molecular complexity index is 366. The Balaban J connectivity index is 2.26. The van der Waals surface area contributed by atoms with E-state index in [0.29, 0.717) is 16.4 Å². The first-order valence-corrected chi connectivity index (χ1v) is 5.53.